The van der Waals surface area contributed by atoms with Gasteiger partial charge in [-0.2, -0.15) is 5.26 Å². The SMILES string of the molecule is CC1(C)CCNCCN1c1ccccc1C#N. The second-order valence-corrected chi connectivity index (χ2v) is 5.09. The summed E-state index contributed by atoms with van der Waals surface area (Å²) < 4.78 is 0. The van der Waals surface area contributed by atoms with Crippen LogP contribution < -0.4 is 10.2 Å². The number of nitrogens with zero attached hydrogens (tertiary/aromatic N) is 2. The molecule has 1 aromatic carbocycles. The lowest BCUT2D eigenvalue weighted by Gasteiger charge is -2.39. The highest BCUT2D eigenvalue weighted by Gasteiger charge is 2.29. The molecule has 17 heavy (non-hydrogen) atoms. The maximum Gasteiger partial charge on any atom is 0.101 e. The minimum atomic E-state index is 0.0937. The van der Waals surface area contributed by atoms with Crippen molar-refractivity contribution < 1.29 is 0 Å². The van der Waals surface area contributed by atoms with E-state index in [0.29, 0.717) is 0 Å². The molecule has 0 saturated carbocycles. The van der Waals surface area contributed by atoms with Crippen molar-refractivity contribution in [2.24, 2.45) is 0 Å². The third-order valence-corrected chi connectivity index (χ3v) is 3.47. The first-order valence-corrected chi connectivity index (χ1v) is 6.13. The van der Waals surface area contributed by atoms with E-state index in [-0.39, 0.29) is 5.54 Å². The topological polar surface area (TPSA) is 39.1 Å². The Bertz CT molecular complexity index is 431. The molecule has 3 nitrogen and oxygen atoms in total. The van der Waals surface area contributed by atoms with Gasteiger partial charge in [-0.1, -0.05) is 12.1 Å². The average Bonchev–Trinajstić information content (AvgIpc) is 2.50. The lowest BCUT2D eigenvalue weighted by Crippen LogP contribution is -2.44. The van der Waals surface area contributed by atoms with E-state index in [9.17, 15) is 5.26 Å². The predicted octanol–water partition coefficient (Wildman–Crippen LogP) is 2.14. The molecule has 1 aromatic rings. The Morgan fingerprint density at radius 3 is 2.82 bits per heavy atom. The monoisotopic (exact) mass is 229 g/mol. The van der Waals surface area contributed by atoms with Gasteiger partial charge >= 0.3 is 0 Å². The van der Waals surface area contributed by atoms with E-state index in [1.54, 1.807) is 0 Å². The molecule has 1 saturated heterocycles. The summed E-state index contributed by atoms with van der Waals surface area (Å²) in [4.78, 5) is 2.35. The summed E-state index contributed by atoms with van der Waals surface area (Å²) in [5.41, 5.74) is 1.92. The maximum absolute atomic E-state index is 9.20. The summed E-state index contributed by atoms with van der Waals surface area (Å²) in [6.45, 7) is 7.45. The third-order valence-electron chi connectivity index (χ3n) is 3.47. The molecule has 1 N–H and O–H groups in total. The van der Waals surface area contributed by atoms with E-state index in [4.69, 9.17) is 0 Å². The summed E-state index contributed by atoms with van der Waals surface area (Å²) >= 11 is 0. The Balaban J connectivity index is 2.40. The van der Waals surface area contributed by atoms with Crippen LogP contribution in [0.2, 0.25) is 0 Å². The quantitative estimate of drug-likeness (QED) is 0.802. The fourth-order valence-electron chi connectivity index (χ4n) is 2.40. The molecule has 2 rings (SSSR count). The van der Waals surface area contributed by atoms with Gasteiger partial charge in [-0.3, -0.25) is 0 Å². The van der Waals surface area contributed by atoms with Gasteiger partial charge in [0.1, 0.15) is 6.07 Å². The molecule has 0 radical (unpaired) electrons. The van der Waals surface area contributed by atoms with Crippen molar-refractivity contribution in [3.63, 3.8) is 0 Å². The van der Waals surface area contributed by atoms with Crippen molar-refractivity contribution in [3.8, 4) is 6.07 Å². The predicted molar refractivity (Wildman–Crippen MR) is 70.1 cm³/mol. The highest BCUT2D eigenvalue weighted by Crippen LogP contribution is 2.29. The van der Waals surface area contributed by atoms with E-state index < -0.39 is 0 Å². The average molecular weight is 229 g/mol. The van der Waals surface area contributed by atoms with Crippen molar-refractivity contribution in [2.75, 3.05) is 24.5 Å². The molecule has 1 fully saturated rings. The fraction of sp³-hybridized carbons (Fsp3) is 0.500. The number of nitrogens with one attached hydrogen (secondary N) is 1. The number of benzene rings is 1. The number of rotatable bonds is 1. The molecule has 1 aliphatic heterocycles. The van der Waals surface area contributed by atoms with Gasteiger partial charge in [0.15, 0.2) is 0 Å². The molecule has 0 aromatic heterocycles. The molecule has 0 bridgehead atoms. The summed E-state index contributed by atoms with van der Waals surface area (Å²) in [6, 6.07) is 10.2. The van der Waals surface area contributed by atoms with Crippen LogP contribution in [0.4, 0.5) is 5.69 Å². The Morgan fingerprint density at radius 1 is 1.29 bits per heavy atom. The van der Waals surface area contributed by atoms with Crippen molar-refractivity contribution in [3.05, 3.63) is 29.8 Å². The van der Waals surface area contributed by atoms with Crippen LogP contribution in [0.5, 0.6) is 0 Å². The minimum absolute atomic E-state index is 0.0937. The van der Waals surface area contributed by atoms with Crippen LogP contribution in [0.15, 0.2) is 24.3 Å². The second-order valence-electron chi connectivity index (χ2n) is 5.09. The van der Waals surface area contributed by atoms with Crippen LogP contribution in [0, 0.1) is 11.3 Å². The van der Waals surface area contributed by atoms with Gasteiger partial charge in [0.2, 0.25) is 0 Å². The molecule has 3 heteroatoms. The molecule has 1 aliphatic rings. The number of para-hydroxylation sites is 1. The standard InChI is InChI=1S/C14H19N3/c1-14(2)7-8-16-9-10-17(14)13-6-4-3-5-12(13)11-15/h3-6,16H,7-10H2,1-2H3. The van der Waals surface area contributed by atoms with Crippen LogP contribution in [0.25, 0.3) is 0 Å². The molecular weight excluding hydrogens is 210 g/mol. The molecule has 90 valence electrons. The van der Waals surface area contributed by atoms with Crippen molar-refractivity contribution in [1.82, 2.24) is 5.32 Å². The van der Waals surface area contributed by atoms with E-state index >= 15 is 0 Å². The summed E-state index contributed by atoms with van der Waals surface area (Å²) in [7, 11) is 0. The van der Waals surface area contributed by atoms with Crippen molar-refractivity contribution in [1.29, 1.82) is 5.26 Å². The highest BCUT2D eigenvalue weighted by atomic mass is 15.2. The molecule has 0 amide bonds. The zero-order chi connectivity index (χ0) is 12.3. The summed E-state index contributed by atoms with van der Waals surface area (Å²) in [5, 5.41) is 12.6. The van der Waals surface area contributed by atoms with Crippen molar-refractivity contribution >= 4 is 5.69 Å². The third kappa shape index (κ3) is 2.42. The van der Waals surface area contributed by atoms with Crippen LogP contribution in [0.3, 0.4) is 0 Å². The Morgan fingerprint density at radius 2 is 2.06 bits per heavy atom. The largest absolute Gasteiger partial charge is 0.364 e. The number of hydrogen-bond acceptors (Lipinski definition) is 3. The molecule has 0 unspecified atom stereocenters. The normalized spacial score (nSPS) is 19.5. The molecule has 0 aliphatic carbocycles. The van der Waals surface area contributed by atoms with Gasteiger partial charge in [-0.05, 0) is 38.9 Å². The van der Waals surface area contributed by atoms with Crippen LogP contribution >= 0.6 is 0 Å². The zero-order valence-corrected chi connectivity index (χ0v) is 10.5. The van der Waals surface area contributed by atoms with Gasteiger partial charge in [0, 0.05) is 18.6 Å². The first kappa shape index (κ1) is 11.9. The Kier molecular flexibility index (Phi) is 3.35. The summed E-state index contributed by atoms with van der Waals surface area (Å²) in [5.74, 6) is 0. The van der Waals surface area contributed by atoms with Crippen molar-refractivity contribution in [2.45, 2.75) is 25.8 Å². The number of nitriles is 1. The van der Waals surface area contributed by atoms with E-state index in [0.717, 1.165) is 37.3 Å². The first-order valence-electron chi connectivity index (χ1n) is 6.13. The van der Waals surface area contributed by atoms with Gasteiger partial charge < -0.3 is 10.2 Å². The molecular formula is C14H19N3. The second kappa shape index (κ2) is 4.77. The smallest absolute Gasteiger partial charge is 0.101 e. The maximum atomic E-state index is 9.20. The van der Waals surface area contributed by atoms with E-state index in [1.807, 2.05) is 24.3 Å². The minimum Gasteiger partial charge on any atom is -0.364 e. The molecule has 0 spiro atoms. The Labute approximate surface area is 103 Å². The fourth-order valence-corrected chi connectivity index (χ4v) is 2.40. The van der Waals surface area contributed by atoms with E-state index in [2.05, 4.69) is 30.1 Å². The molecule has 1 heterocycles. The van der Waals surface area contributed by atoms with Gasteiger partial charge in [-0.25, -0.2) is 0 Å². The number of hydrogen-bond donors (Lipinski definition) is 1. The lowest BCUT2D eigenvalue weighted by atomic mass is 9.96. The molecule has 0 atom stereocenters. The van der Waals surface area contributed by atoms with Crippen LogP contribution in [-0.4, -0.2) is 25.2 Å². The van der Waals surface area contributed by atoms with Crippen LogP contribution in [0.1, 0.15) is 25.8 Å². The highest BCUT2D eigenvalue weighted by molar-refractivity contribution is 5.60. The first-order chi connectivity index (χ1) is 8.15. The van der Waals surface area contributed by atoms with Gasteiger partial charge in [0.05, 0.1) is 11.3 Å². The van der Waals surface area contributed by atoms with Crippen LogP contribution in [-0.2, 0) is 0 Å². The zero-order valence-electron chi connectivity index (χ0n) is 10.5. The van der Waals surface area contributed by atoms with Gasteiger partial charge in [-0.15, -0.1) is 0 Å². The lowest BCUT2D eigenvalue weighted by molar-refractivity contribution is 0.453. The summed E-state index contributed by atoms with van der Waals surface area (Å²) in [6.07, 6.45) is 1.09. The van der Waals surface area contributed by atoms with E-state index in [1.165, 1.54) is 0 Å². The Hall–Kier alpha value is -1.53. The number of anilines is 1. The van der Waals surface area contributed by atoms with Gasteiger partial charge in [0.25, 0.3) is 0 Å².